The van der Waals surface area contributed by atoms with Gasteiger partial charge in [-0.1, -0.05) is 18.6 Å². The molecule has 4 unspecified atom stereocenters. The summed E-state index contributed by atoms with van der Waals surface area (Å²) in [6.45, 7) is 0.243. The largest absolute Gasteiger partial charge is 0.436 e. The van der Waals surface area contributed by atoms with E-state index >= 15 is 0 Å². The number of nitrogens with one attached hydrogen (secondary N) is 2. The molecule has 14 nitrogen and oxygen atoms in total. The van der Waals surface area contributed by atoms with E-state index in [1.165, 1.54) is 4.90 Å². The lowest BCUT2D eigenvalue weighted by Gasteiger charge is -2.29. The monoisotopic (exact) mass is 577 g/mol. The number of nitrogens with two attached hydrogens (primary N) is 1. The lowest BCUT2D eigenvalue weighted by atomic mass is 10.1. The van der Waals surface area contributed by atoms with E-state index in [1.807, 2.05) is 10.8 Å². The van der Waals surface area contributed by atoms with Crippen molar-refractivity contribution in [1.82, 2.24) is 14.9 Å². The summed E-state index contributed by atoms with van der Waals surface area (Å²) < 4.78 is 32.9. The van der Waals surface area contributed by atoms with Crippen molar-refractivity contribution in [2.75, 3.05) is 6.54 Å². The van der Waals surface area contributed by atoms with E-state index in [2.05, 4.69) is 5.32 Å². The van der Waals surface area contributed by atoms with Crippen molar-refractivity contribution in [3.63, 3.8) is 0 Å². The van der Waals surface area contributed by atoms with Crippen LogP contribution < -0.4 is 15.8 Å². The van der Waals surface area contributed by atoms with Crippen molar-refractivity contribution in [1.29, 1.82) is 0 Å². The highest BCUT2D eigenvalue weighted by Crippen LogP contribution is 2.45. The van der Waals surface area contributed by atoms with Crippen LogP contribution in [0.25, 0.3) is 0 Å². The number of non-ortho nitro benzene ring substituents is 1. The number of carbonyl (C=O) groups is 4. The second-order valence-electron chi connectivity index (χ2n) is 10.1. The van der Waals surface area contributed by atoms with Crippen LogP contribution in [0.15, 0.2) is 41.3 Å². The first kappa shape index (κ1) is 29.0. The van der Waals surface area contributed by atoms with Gasteiger partial charge < -0.3 is 20.7 Å². The zero-order valence-corrected chi connectivity index (χ0v) is 22.4. The van der Waals surface area contributed by atoms with Crippen molar-refractivity contribution in [2.45, 2.75) is 73.9 Å². The zero-order valence-electron chi connectivity index (χ0n) is 21.6. The fourth-order valence-electron chi connectivity index (χ4n) is 5.19. The van der Waals surface area contributed by atoms with Gasteiger partial charge in [0.25, 0.3) is 27.5 Å². The number of primary amides is 1. The molecule has 4 atom stereocenters. The first-order chi connectivity index (χ1) is 18.9. The summed E-state index contributed by atoms with van der Waals surface area (Å²) in [6.07, 6.45) is 5.35. The summed E-state index contributed by atoms with van der Waals surface area (Å²) in [7, 11) is -4.41. The third-order valence-electron chi connectivity index (χ3n) is 7.43. The number of hydrogen-bond acceptors (Lipinski definition) is 9. The molecule has 0 spiro atoms. The van der Waals surface area contributed by atoms with Crippen LogP contribution >= 0.6 is 0 Å². The number of fused-ring (bicyclic) bond motifs is 2. The van der Waals surface area contributed by atoms with Crippen LogP contribution in [0, 0.1) is 16.0 Å². The van der Waals surface area contributed by atoms with Crippen LogP contribution in [0.3, 0.4) is 0 Å². The van der Waals surface area contributed by atoms with E-state index in [-0.39, 0.29) is 30.0 Å². The molecule has 0 radical (unpaired) electrons. The standard InChI is InChI=1S/C25H31N5O9S/c26-24(34)39-20-9-5-3-1-2-4-7-16-15-25(16,27-21(31)19-8-6-14-29(19)22(20)32)23(33)28-40(37,38)18-12-10-17(11-13-18)30(35)36/h4,7,10-13,16,19-20H,1-3,5-6,8-9,14-15H2,(H2,26,34)(H,27,31)(H,28,33). The molecule has 1 aliphatic carbocycles. The van der Waals surface area contributed by atoms with Crippen LogP contribution in [0.5, 0.6) is 0 Å². The Morgan fingerprint density at radius 3 is 2.52 bits per heavy atom. The van der Waals surface area contributed by atoms with Crippen LogP contribution in [0.1, 0.15) is 51.4 Å². The summed E-state index contributed by atoms with van der Waals surface area (Å²) in [5, 5.41) is 13.6. The van der Waals surface area contributed by atoms with E-state index < -0.39 is 62.4 Å². The quantitative estimate of drug-likeness (QED) is 0.261. The molecular formula is C25H31N5O9S. The van der Waals surface area contributed by atoms with Gasteiger partial charge in [0, 0.05) is 24.6 Å². The highest BCUT2D eigenvalue weighted by molar-refractivity contribution is 7.90. The number of carbonyl (C=O) groups excluding carboxylic acids is 4. The molecule has 2 heterocycles. The van der Waals surface area contributed by atoms with Gasteiger partial charge in [0.05, 0.1) is 9.82 Å². The Morgan fingerprint density at radius 2 is 1.85 bits per heavy atom. The minimum absolute atomic E-state index is 0.144. The van der Waals surface area contributed by atoms with Gasteiger partial charge in [-0.3, -0.25) is 24.5 Å². The topological polar surface area (TPSA) is 208 Å². The summed E-state index contributed by atoms with van der Waals surface area (Å²) in [4.78, 5) is 62.7. The van der Waals surface area contributed by atoms with Gasteiger partial charge in [0.1, 0.15) is 11.6 Å². The Bertz CT molecular complexity index is 1330. The molecule has 1 aromatic carbocycles. The van der Waals surface area contributed by atoms with Crippen molar-refractivity contribution < 1.29 is 37.3 Å². The Labute approximate surface area is 230 Å². The first-order valence-corrected chi connectivity index (χ1v) is 14.5. The number of ether oxygens (including phenoxy) is 1. The Morgan fingerprint density at radius 1 is 1.12 bits per heavy atom. The van der Waals surface area contributed by atoms with Crippen LogP contribution in [0.2, 0.25) is 0 Å². The highest BCUT2D eigenvalue weighted by atomic mass is 32.2. The average molecular weight is 578 g/mol. The predicted octanol–water partition coefficient (Wildman–Crippen LogP) is 1.25. The van der Waals surface area contributed by atoms with E-state index in [0.29, 0.717) is 25.7 Å². The van der Waals surface area contributed by atoms with Crippen molar-refractivity contribution in [2.24, 2.45) is 11.7 Å². The molecule has 1 aromatic rings. The maximum atomic E-state index is 13.4. The van der Waals surface area contributed by atoms with E-state index in [1.54, 1.807) is 6.08 Å². The summed E-state index contributed by atoms with van der Waals surface area (Å²) in [5.74, 6) is -2.61. The maximum Gasteiger partial charge on any atom is 0.405 e. The van der Waals surface area contributed by atoms with Crippen molar-refractivity contribution in [3.05, 3.63) is 46.5 Å². The molecule has 1 saturated heterocycles. The molecule has 40 heavy (non-hydrogen) atoms. The van der Waals surface area contributed by atoms with Gasteiger partial charge in [0.15, 0.2) is 6.10 Å². The van der Waals surface area contributed by atoms with E-state index in [4.69, 9.17) is 10.5 Å². The second kappa shape index (κ2) is 11.6. The Hall–Kier alpha value is -4.01. The first-order valence-electron chi connectivity index (χ1n) is 13.0. The van der Waals surface area contributed by atoms with E-state index in [0.717, 1.165) is 37.1 Å². The molecule has 0 bridgehead atoms. The van der Waals surface area contributed by atoms with Crippen LogP contribution in [-0.4, -0.2) is 66.3 Å². The van der Waals surface area contributed by atoms with Gasteiger partial charge in [-0.05, 0) is 57.1 Å². The second-order valence-corrected chi connectivity index (χ2v) is 11.8. The number of amides is 4. The summed E-state index contributed by atoms with van der Waals surface area (Å²) >= 11 is 0. The number of sulfonamides is 1. The maximum absolute atomic E-state index is 13.4. The third-order valence-corrected chi connectivity index (χ3v) is 8.78. The molecule has 0 aromatic heterocycles. The van der Waals surface area contributed by atoms with Gasteiger partial charge >= 0.3 is 6.09 Å². The van der Waals surface area contributed by atoms with Gasteiger partial charge in [-0.25, -0.2) is 17.9 Å². The molecule has 4 amide bonds. The third kappa shape index (κ3) is 6.24. The minimum Gasteiger partial charge on any atom is -0.436 e. The lowest BCUT2D eigenvalue weighted by molar-refractivity contribution is -0.384. The smallest absolute Gasteiger partial charge is 0.405 e. The highest BCUT2D eigenvalue weighted by Gasteiger charge is 2.61. The van der Waals surface area contributed by atoms with Crippen molar-refractivity contribution >= 4 is 39.5 Å². The fraction of sp³-hybridized carbons (Fsp3) is 0.520. The number of nitro benzene ring substituents is 1. The fourth-order valence-corrected chi connectivity index (χ4v) is 6.23. The number of allylic oxidation sites excluding steroid dienone is 1. The Kier molecular flexibility index (Phi) is 8.42. The molecule has 2 fully saturated rings. The number of hydrogen-bond donors (Lipinski definition) is 3. The van der Waals surface area contributed by atoms with Crippen molar-refractivity contribution in [3.8, 4) is 0 Å². The molecule has 3 aliphatic rings. The normalized spacial score (nSPS) is 27.3. The Balaban J connectivity index is 1.58. The van der Waals surface area contributed by atoms with Crippen LogP contribution in [-0.2, 0) is 29.1 Å². The van der Waals surface area contributed by atoms with Gasteiger partial charge in [-0.2, -0.15) is 0 Å². The zero-order chi connectivity index (χ0) is 29.1. The molecule has 4 N–H and O–H groups in total. The SMILES string of the molecule is NC(=O)OC1CCCCCC=CC2CC2(C(=O)NS(=O)(=O)c2ccc([N+](=O)[O-])cc2)NC(=O)C2CCCN2C1=O. The molecular weight excluding hydrogens is 546 g/mol. The number of rotatable bonds is 5. The average Bonchev–Trinajstić information content (AvgIpc) is 3.36. The lowest BCUT2D eigenvalue weighted by Crippen LogP contribution is -2.57. The van der Waals surface area contributed by atoms with Gasteiger partial charge in [0.2, 0.25) is 5.91 Å². The number of nitrogens with zero attached hydrogens (tertiary/aromatic N) is 2. The number of benzene rings is 1. The minimum atomic E-state index is -4.41. The molecule has 2 aliphatic heterocycles. The molecule has 1 saturated carbocycles. The number of nitro groups is 1. The van der Waals surface area contributed by atoms with E-state index in [9.17, 15) is 37.7 Å². The summed E-state index contributed by atoms with van der Waals surface area (Å²) in [6, 6.07) is 3.09. The summed E-state index contributed by atoms with van der Waals surface area (Å²) in [5.41, 5.74) is 3.29. The van der Waals surface area contributed by atoms with Crippen LogP contribution in [0.4, 0.5) is 10.5 Å². The molecule has 4 rings (SSSR count). The molecule has 216 valence electrons. The predicted molar refractivity (Wildman–Crippen MR) is 139 cm³/mol. The molecule has 15 heteroatoms. The van der Waals surface area contributed by atoms with Gasteiger partial charge in [-0.15, -0.1) is 0 Å².